The van der Waals surface area contributed by atoms with Crippen molar-refractivity contribution in [2.75, 3.05) is 0 Å². The normalized spacial score (nSPS) is 15.6. The third-order valence-electron chi connectivity index (χ3n) is 1.77. The van der Waals surface area contributed by atoms with Crippen LogP contribution in [-0.2, 0) is 14.3 Å². The molecule has 0 radical (unpaired) electrons. The summed E-state index contributed by atoms with van der Waals surface area (Å²) in [6, 6.07) is 0. The molecule has 1 aliphatic rings. The van der Waals surface area contributed by atoms with Crippen LogP contribution >= 0.6 is 0 Å². The predicted octanol–water partition coefficient (Wildman–Crippen LogP) is 1.54. The Labute approximate surface area is 104 Å². The second kappa shape index (κ2) is 5.12. The Morgan fingerprint density at radius 1 is 1.36 bits per heavy atom. The Morgan fingerprint density at radius 3 is 2.21 bits per heavy atom. The molecule has 0 saturated heterocycles. The van der Waals surface area contributed by atoms with Gasteiger partial charge in [0.05, 0.1) is 0 Å². The summed E-state index contributed by atoms with van der Waals surface area (Å²) in [7, 11) is 0. The molecule has 0 heterocycles. The van der Waals surface area contributed by atoms with Crippen LogP contribution in [0.15, 0.2) is 0 Å². The van der Waals surface area contributed by atoms with Crippen molar-refractivity contribution >= 4 is 34.8 Å². The molecular formula is C10H18MgO3. The molecule has 78 valence electrons. The average molecular weight is 211 g/mol. The first-order valence-electron chi connectivity index (χ1n) is 4.63. The van der Waals surface area contributed by atoms with Crippen LogP contribution in [0.4, 0.5) is 0 Å². The summed E-state index contributed by atoms with van der Waals surface area (Å²) in [4.78, 5) is 22.4. The van der Waals surface area contributed by atoms with Crippen molar-refractivity contribution in [3.05, 3.63) is 0 Å². The minimum atomic E-state index is -0.485. The number of esters is 1. The van der Waals surface area contributed by atoms with Crippen molar-refractivity contribution in [3.8, 4) is 0 Å². The fourth-order valence-electron chi connectivity index (χ4n) is 1.07. The molecule has 0 aromatic heterocycles. The van der Waals surface area contributed by atoms with Crippen molar-refractivity contribution in [1.29, 1.82) is 0 Å². The van der Waals surface area contributed by atoms with E-state index < -0.39 is 11.6 Å². The maximum atomic E-state index is 11.2. The summed E-state index contributed by atoms with van der Waals surface area (Å²) >= 11 is 0. The molecule has 0 bridgehead atoms. The van der Waals surface area contributed by atoms with E-state index in [1.165, 1.54) is 0 Å². The van der Waals surface area contributed by atoms with Crippen LogP contribution in [0.2, 0.25) is 0 Å². The first-order valence-corrected chi connectivity index (χ1v) is 4.63. The van der Waals surface area contributed by atoms with E-state index in [9.17, 15) is 9.59 Å². The van der Waals surface area contributed by atoms with Crippen LogP contribution in [0.5, 0.6) is 0 Å². The zero-order valence-corrected chi connectivity index (χ0v) is 10.5. The Bertz CT molecular complexity index is 235. The third-order valence-corrected chi connectivity index (χ3v) is 1.77. The van der Waals surface area contributed by atoms with Gasteiger partial charge in [-0.05, 0) is 33.6 Å². The molecule has 1 aliphatic carbocycles. The van der Waals surface area contributed by atoms with Gasteiger partial charge in [0.1, 0.15) is 17.8 Å². The van der Waals surface area contributed by atoms with Gasteiger partial charge in [-0.3, -0.25) is 9.59 Å². The Kier molecular flexibility index (Phi) is 5.08. The molecular weight excluding hydrogens is 192 g/mol. The number of Topliss-reactive ketones (excluding diaryl/α,β-unsaturated/α-hetero) is 1. The topological polar surface area (TPSA) is 43.4 Å². The van der Waals surface area contributed by atoms with Gasteiger partial charge >= 0.3 is 29.0 Å². The van der Waals surface area contributed by atoms with E-state index in [-0.39, 0.29) is 44.0 Å². The minimum Gasteiger partial charge on any atom is -1.00 e. The first-order chi connectivity index (χ1) is 5.88. The second-order valence-corrected chi connectivity index (χ2v) is 4.50. The molecule has 0 spiro atoms. The molecule has 1 saturated carbocycles. The van der Waals surface area contributed by atoms with Crippen molar-refractivity contribution in [3.63, 3.8) is 0 Å². The first kappa shape index (κ1) is 13.9. The zero-order valence-electron chi connectivity index (χ0n) is 11.1. The summed E-state index contributed by atoms with van der Waals surface area (Å²) in [6.45, 7) is 5.39. The van der Waals surface area contributed by atoms with Gasteiger partial charge in [-0.15, -0.1) is 0 Å². The number of carbonyl (C=O) groups excluding carboxylic acids is 2. The van der Waals surface area contributed by atoms with Crippen LogP contribution in [-0.4, -0.2) is 40.4 Å². The van der Waals surface area contributed by atoms with Gasteiger partial charge in [0, 0.05) is 5.92 Å². The van der Waals surface area contributed by atoms with Gasteiger partial charge in [-0.25, -0.2) is 0 Å². The Hall–Kier alpha value is -0.0938. The zero-order chi connectivity index (χ0) is 10.1. The summed E-state index contributed by atoms with van der Waals surface area (Å²) in [5.41, 5.74) is -0.485. The molecule has 0 amide bonds. The minimum absolute atomic E-state index is 0. The molecule has 1 fully saturated rings. The standard InChI is InChI=1S/C10H16O3.Mg.2H/c1-10(2,3)13-9(12)6-8(11)7-4-5-7;;;/h7H,4-6H2,1-3H3;;;/q;+2;2*-1. The monoisotopic (exact) mass is 210 g/mol. The smallest absolute Gasteiger partial charge is 1.00 e. The summed E-state index contributed by atoms with van der Waals surface area (Å²) in [6.07, 6.45) is 1.84. The van der Waals surface area contributed by atoms with Gasteiger partial charge < -0.3 is 7.59 Å². The maximum Gasteiger partial charge on any atom is 2.00 e. The Balaban J connectivity index is -0.000000563. The number of rotatable bonds is 3. The SMILES string of the molecule is CC(C)(C)OC(=O)CC(=O)C1CC1.[H-].[H-].[Mg+2]. The molecule has 0 aromatic carbocycles. The molecule has 3 nitrogen and oxygen atoms in total. The van der Waals surface area contributed by atoms with Crippen LogP contribution in [0, 0.1) is 5.92 Å². The van der Waals surface area contributed by atoms with Crippen molar-refractivity contribution in [2.45, 2.75) is 45.6 Å². The van der Waals surface area contributed by atoms with Crippen LogP contribution in [0.3, 0.4) is 0 Å². The van der Waals surface area contributed by atoms with Crippen molar-refractivity contribution in [1.82, 2.24) is 0 Å². The molecule has 1 rings (SSSR count). The summed E-state index contributed by atoms with van der Waals surface area (Å²) in [5, 5.41) is 0. The molecule has 14 heavy (non-hydrogen) atoms. The average Bonchev–Trinajstić information content (AvgIpc) is 2.60. The fourth-order valence-corrected chi connectivity index (χ4v) is 1.07. The number of hydrogen-bond donors (Lipinski definition) is 0. The van der Waals surface area contributed by atoms with Crippen LogP contribution in [0.25, 0.3) is 0 Å². The molecule has 0 N–H and O–H groups in total. The molecule has 0 atom stereocenters. The molecule has 0 aromatic rings. The molecule has 0 aliphatic heterocycles. The summed E-state index contributed by atoms with van der Waals surface area (Å²) < 4.78 is 5.03. The second-order valence-electron chi connectivity index (χ2n) is 4.50. The van der Waals surface area contributed by atoms with Crippen molar-refractivity contribution in [2.24, 2.45) is 5.92 Å². The number of hydrogen-bond acceptors (Lipinski definition) is 3. The van der Waals surface area contributed by atoms with Gasteiger partial charge in [0.25, 0.3) is 0 Å². The molecule has 4 heteroatoms. The van der Waals surface area contributed by atoms with Gasteiger partial charge in [-0.1, -0.05) is 0 Å². The van der Waals surface area contributed by atoms with Crippen molar-refractivity contribution < 1.29 is 17.2 Å². The van der Waals surface area contributed by atoms with Crippen LogP contribution < -0.4 is 0 Å². The largest absolute Gasteiger partial charge is 2.00 e. The number of ketones is 1. The predicted molar refractivity (Wildman–Crippen MR) is 56.2 cm³/mol. The van der Waals surface area contributed by atoms with Gasteiger partial charge in [-0.2, -0.15) is 0 Å². The molecule has 0 unspecified atom stereocenters. The van der Waals surface area contributed by atoms with Crippen LogP contribution in [0.1, 0.15) is 42.9 Å². The van der Waals surface area contributed by atoms with E-state index >= 15 is 0 Å². The van der Waals surface area contributed by atoms with E-state index in [1.54, 1.807) is 20.8 Å². The van der Waals surface area contributed by atoms with E-state index in [1.807, 2.05) is 0 Å². The van der Waals surface area contributed by atoms with Gasteiger partial charge in [0.2, 0.25) is 0 Å². The van der Waals surface area contributed by atoms with Gasteiger partial charge in [0.15, 0.2) is 0 Å². The number of carbonyl (C=O) groups is 2. The number of ether oxygens (including phenoxy) is 1. The van der Waals surface area contributed by atoms with E-state index in [4.69, 9.17) is 4.74 Å². The third kappa shape index (κ3) is 5.60. The van der Waals surface area contributed by atoms with E-state index in [0.717, 1.165) is 12.8 Å². The maximum absolute atomic E-state index is 11.2. The van der Waals surface area contributed by atoms with E-state index in [2.05, 4.69) is 0 Å². The van der Waals surface area contributed by atoms with E-state index in [0.29, 0.717) is 0 Å². The summed E-state index contributed by atoms with van der Waals surface area (Å²) in [5.74, 6) is -0.217. The fraction of sp³-hybridized carbons (Fsp3) is 0.800. The Morgan fingerprint density at radius 2 is 1.86 bits per heavy atom. The quantitative estimate of drug-likeness (QED) is 0.403.